The Morgan fingerprint density at radius 2 is 0.743 bits per heavy atom. The number of aryl methyl sites for hydroxylation is 10. The maximum absolute atomic E-state index is 13.0. The number of hydrogen-bond acceptors (Lipinski definition) is 15. The van der Waals surface area contributed by atoms with Gasteiger partial charge >= 0.3 is 6.18 Å². The molecule has 0 amide bonds. The Bertz CT molecular complexity index is 5480. The molecule has 5 aromatic carbocycles. The Morgan fingerprint density at radius 1 is 0.386 bits per heavy atom. The maximum Gasteiger partial charge on any atom is 0.416 e. The van der Waals surface area contributed by atoms with Crippen LogP contribution in [0.15, 0.2) is 125 Å². The summed E-state index contributed by atoms with van der Waals surface area (Å²) in [5, 5.41) is 0.914. The van der Waals surface area contributed by atoms with Crippen molar-refractivity contribution in [3.63, 3.8) is 0 Å². The topological polar surface area (TPSA) is 215 Å². The first-order chi connectivity index (χ1) is 66.2. The number of hydrogen-bond donors (Lipinski definition) is 0. The normalized spacial score (nSPS) is 23.5. The van der Waals surface area contributed by atoms with Crippen molar-refractivity contribution in [1.82, 2.24) is 4.98 Å². The molecular weight excluding hydrogens is 1880 g/mol. The van der Waals surface area contributed by atoms with Crippen LogP contribution in [0.4, 0.5) is 13.2 Å². The highest BCUT2D eigenvalue weighted by molar-refractivity contribution is 7.93. The van der Waals surface area contributed by atoms with Gasteiger partial charge in [0.15, 0.2) is 49.2 Å². The van der Waals surface area contributed by atoms with E-state index in [-0.39, 0.29) is 37.9 Å². The molecule has 7 fully saturated rings. The third kappa shape index (κ3) is 36.9. The minimum absolute atomic E-state index is 0.241. The van der Waals surface area contributed by atoms with Gasteiger partial charge in [0.25, 0.3) is 0 Å². The Kier molecular flexibility index (Phi) is 45.4. The average Bonchev–Trinajstić information content (AvgIpc) is 1.23. The van der Waals surface area contributed by atoms with Crippen molar-refractivity contribution in [2.75, 3.05) is 28.8 Å². The largest absolute Gasteiger partial charge is 0.490 e. The standard InChI is InChI=1S/2C25H40O3S.C24H34O2S2.C22H31NO3S.C21H31F3O2S/c1-18(2)29(26,27)17-23-10-8-21(9-11-23)6-7-22-12-14-24(15-13-22)28-25-16-5-19(3)20(25)4;1-4-23-17-21(15-16-25(23)28-24-7-5-6-8-24)12-9-20-10-13-22(14-11-20)18-29(26,27)19(2)3;1-17(2)28(25,26)16-21-7-5-20(6-8-21)9-10-22-11-12-23(14-19(22)4)24-13-18(3)15-27-24;1-16(2)27(24,25)15-19-6-4-18(5-7-19)8-9-20-10-11-21(14-17(20)3)22-23-12-13-26-22;1-4-19-13-17(11-12-20(19)21(22,23)24)8-5-16-6-9-18(10-7-16)14-27(25,26)15(2)3/h12-15,18-21,23,25H,5-11,16-17H2,1-4H3;15-17,19-20,22,24H,4-14,18H2,1-3H3;11-15,17,20-21H,5-10,16H2,1-4H3;10-14,16,18-19H,4-9,15H2,1-3H3;11-13,15-16,18H,4-10,14H2,1-3H3. The van der Waals surface area contributed by atoms with E-state index >= 15 is 0 Å². The Morgan fingerprint density at radius 3 is 1.09 bits per heavy atom. The van der Waals surface area contributed by atoms with Crippen LogP contribution < -0.4 is 9.47 Å². The molecule has 14 nitrogen and oxygen atoms in total. The first-order valence-electron chi connectivity index (χ1n) is 54.2. The zero-order valence-corrected chi connectivity index (χ0v) is 93.2. The summed E-state index contributed by atoms with van der Waals surface area (Å²) in [6.45, 7) is 33.0. The number of aromatic nitrogens is 1. The first-order valence-corrected chi connectivity index (χ1v) is 63.6. The molecule has 140 heavy (non-hydrogen) atoms. The lowest BCUT2D eigenvalue weighted by atomic mass is 9.80. The summed E-state index contributed by atoms with van der Waals surface area (Å²) in [6, 6.07) is 35.6. The maximum atomic E-state index is 13.0. The molecule has 7 aliphatic carbocycles. The SMILES string of the molecule is CC1CCC(Oc2ccc(CCC3CCC(CS(=O)(=O)C(C)C)CC3)cc2)C1C.CCc1cc(CCC2CCC(CS(=O)(=O)C(C)C)CC2)ccc1C(F)(F)F.CCc1cc(CCC2CCC(CS(=O)(=O)C(C)C)CC2)ccc1OC1CCCC1.Cc1cc(-c2ncco2)ccc1CCC1CCC(CS(=O)(=O)C(C)C)CC1.Cc1csc(-c2ccc(CCC3CCC(CS(=O)(=O)C(C)C)CC3)c(C)c2)c1. The van der Waals surface area contributed by atoms with Crippen LogP contribution in [-0.4, -0.2) is 114 Å². The van der Waals surface area contributed by atoms with Crippen LogP contribution in [-0.2, 0) is 100 Å². The van der Waals surface area contributed by atoms with E-state index in [1.54, 1.807) is 101 Å². The third-order valence-corrected chi connectivity index (χ3v) is 45.8. The fourth-order valence-corrected chi connectivity index (χ4v) is 30.0. The number of ether oxygens (including phenoxy) is 2. The second kappa shape index (κ2) is 54.7. The molecule has 0 spiro atoms. The Balaban J connectivity index is 0.000000180. The molecule has 7 saturated carbocycles. The third-order valence-electron chi connectivity index (χ3n) is 32.9. The van der Waals surface area contributed by atoms with Gasteiger partial charge in [-0.2, -0.15) is 13.2 Å². The summed E-state index contributed by atoms with van der Waals surface area (Å²) in [5.41, 5.74) is 14.1. The van der Waals surface area contributed by atoms with Crippen LogP contribution in [0.5, 0.6) is 11.5 Å². The summed E-state index contributed by atoms with van der Waals surface area (Å²) in [6.07, 6.45) is 41.5. The van der Waals surface area contributed by atoms with E-state index in [2.05, 4.69) is 137 Å². The lowest BCUT2D eigenvalue weighted by Gasteiger charge is -2.29. The highest BCUT2D eigenvalue weighted by Gasteiger charge is 2.37. The molecule has 3 atom stereocenters. The van der Waals surface area contributed by atoms with Gasteiger partial charge < -0.3 is 13.9 Å². The van der Waals surface area contributed by atoms with Crippen molar-refractivity contribution in [2.45, 2.75) is 406 Å². The van der Waals surface area contributed by atoms with E-state index < -0.39 is 60.9 Å². The monoisotopic (exact) mass is 2050 g/mol. The van der Waals surface area contributed by atoms with Crippen LogP contribution in [0, 0.1) is 91.8 Å². The van der Waals surface area contributed by atoms with Gasteiger partial charge in [-0.1, -0.05) is 153 Å². The van der Waals surface area contributed by atoms with Crippen molar-refractivity contribution in [3.05, 3.63) is 182 Å². The minimum atomic E-state index is -4.29. The molecule has 0 aliphatic heterocycles. The molecule has 0 saturated heterocycles. The molecular formula is C117H176F3NO13S6. The van der Waals surface area contributed by atoms with Crippen LogP contribution in [0.25, 0.3) is 21.9 Å². The molecule has 0 N–H and O–H groups in total. The van der Waals surface area contributed by atoms with E-state index in [1.807, 2.05) is 11.3 Å². The number of oxazole rings is 1. The molecule has 3 unspecified atom stereocenters. The van der Waals surface area contributed by atoms with Gasteiger partial charge in [-0.3, -0.25) is 0 Å². The van der Waals surface area contributed by atoms with E-state index in [1.165, 1.54) is 164 Å². The highest BCUT2D eigenvalue weighted by atomic mass is 32.2. The number of benzene rings is 5. The minimum Gasteiger partial charge on any atom is -0.490 e. The average molecular weight is 2050 g/mol. The quantitative estimate of drug-likeness (QED) is 0.0352. The Labute approximate surface area is 849 Å². The highest BCUT2D eigenvalue weighted by Crippen LogP contribution is 2.43. The van der Waals surface area contributed by atoms with Gasteiger partial charge in [-0.15, -0.1) is 11.3 Å². The number of alkyl halides is 3. The van der Waals surface area contributed by atoms with Crippen LogP contribution in [0.1, 0.15) is 357 Å². The fraction of sp³-hybridized carbons (Fsp3) is 0.684. The second-order valence-electron chi connectivity index (χ2n) is 45.0. The van der Waals surface area contributed by atoms with Crippen molar-refractivity contribution < 1.29 is 69.2 Å². The molecule has 2 heterocycles. The fourth-order valence-electron chi connectivity index (χ4n) is 22.2. The zero-order chi connectivity index (χ0) is 102. The van der Waals surface area contributed by atoms with Gasteiger partial charge in [-0.25, -0.2) is 47.1 Å². The van der Waals surface area contributed by atoms with Crippen molar-refractivity contribution >= 4 is 60.5 Å². The van der Waals surface area contributed by atoms with Gasteiger partial charge in [0.05, 0.1) is 72.9 Å². The molecule has 2 aromatic heterocycles. The molecule has 0 bridgehead atoms. The number of rotatable bonds is 38. The van der Waals surface area contributed by atoms with Gasteiger partial charge in [-0.05, 0) is 450 Å². The lowest BCUT2D eigenvalue weighted by molar-refractivity contribution is -0.138. The van der Waals surface area contributed by atoms with Gasteiger partial charge in [0, 0.05) is 10.4 Å². The summed E-state index contributed by atoms with van der Waals surface area (Å²) >= 11 is 1.82. The number of thiophene rings is 1. The first kappa shape index (κ1) is 116. The molecule has 784 valence electrons. The summed E-state index contributed by atoms with van der Waals surface area (Å²) < 4.78 is 178. The predicted octanol–water partition coefficient (Wildman–Crippen LogP) is 29.8. The van der Waals surface area contributed by atoms with Crippen molar-refractivity contribution in [3.8, 4) is 33.4 Å². The molecule has 7 aromatic rings. The van der Waals surface area contributed by atoms with E-state index in [4.69, 9.17) is 13.9 Å². The smallest absolute Gasteiger partial charge is 0.416 e. The summed E-state index contributed by atoms with van der Waals surface area (Å²) in [4.78, 5) is 5.56. The van der Waals surface area contributed by atoms with Crippen molar-refractivity contribution in [2.24, 2.45) is 71.0 Å². The molecule has 14 rings (SSSR count). The van der Waals surface area contributed by atoms with E-state index in [0.29, 0.717) is 94.5 Å². The van der Waals surface area contributed by atoms with Gasteiger partial charge in [0.2, 0.25) is 5.89 Å². The summed E-state index contributed by atoms with van der Waals surface area (Å²) in [7, 11) is -14.6. The number of nitrogens with zero attached hydrogens (tertiary/aromatic N) is 1. The lowest BCUT2D eigenvalue weighted by Crippen LogP contribution is -2.26. The number of halogens is 3. The van der Waals surface area contributed by atoms with Crippen LogP contribution in [0.2, 0.25) is 0 Å². The van der Waals surface area contributed by atoms with Crippen LogP contribution >= 0.6 is 11.3 Å². The second-order valence-corrected chi connectivity index (χ2v) is 58.9. The van der Waals surface area contributed by atoms with E-state index in [9.17, 15) is 55.3 Å². The molecule has 23 heteroatoms. The van der Waals surface area contributed by atoms with E-state index in [0.717, 1.165) is 181 Å². The predicted molar refractivity (Wildman–Crippen MR) is 577 cm³/mol. The van der Waals surface area contributed by atoms with Gasteiger partial charge in [0.1, 0.15) is 23.9 Å². The van der Waals surface area contributed by atoms with Crippen LogP contribution in [0.3, 0.4) is 0 Å². The molecule has 0 radical (unpaired) electrons. The summed E-state index contributed by atoms with van der Waals surface area (Å²) in [5.74, 6) is 11.2. The van der Waals surface area contributed by atoms with Crippen molar-refractivity contribution in [1.29, 1.82) is 0 Å². The zero-order valence-electron chi connectivity index (χ0n) is 88.3. The number of sulfone groups is 5. The molecule has 7 aliphatic rings. The Hall–Kier alpha value is -5.85.